The van der Waals surface area contributed by atoms with E-state index in [4.69, 9.17) is 5.11 Å². The smallest absolute Gasteiger partial charge is 0.331 e. The summed E-state index contributed by atoms with van der Waals surface area (Å²) >= 11 is 0. The van der Waals surface area contributed by atoms with Crippen molar-refractivity contribution in [3.8, 4) is 0 Å². The fourth-order valence-electron chi connectivity index (χ4n) is 3.50. The van der Waals surface area contributed by atoms with Crippen LogP contribution in [0.15, 0.2) is 23.8 Å². The molecule has 0 amide bonds. The lowest BCUT2D eigenvalue weighted by molar-refractivity contribution is -0.133. The zero-order valence-electron chi connectivity index (χ0n) is 11.1. The van der Waals surface area contributed by atoms with Crippen molar-refractivity contribution in [3.63, 3.8) is 0 Å². The molecule has 1 fully saturated rings. The topological polar surface area (TPSA) is 57.5 Å². The van der Waals surface area contributed by atoms with Gasteiger partial charge >= 0.3 is 5.97 Å². The van der Waals surface area contributed by atoms with Crippen LogP contribution in [0.2, 0.25) is 0 Å². The number of carbonyl (C=O) groups is 1. The average Bonchev–Trinajstić information content (AvgIpc) is 2.32. The van der Waals surface area contributed by atoms with E-state index in [1.165, 1.54) is 0 Å². The number of carboxylic acids is 1. The Kier molecular flexibility index (Phi) is 3.62. The number of fused-ring (bicyclic) bond motifs is 1. The Morgan fingerprint density at radius 2 is 2.17 bits per heavy atom. The molecule has 2 rings (SSSR count). The standard InChI is InChI=1S/C15H22O3/c1-8(2)12-7-14(16)9(3)11-5-4-10(15(17)18)6-13(11)12/h6,8,11-14,16H,3-5,7H2,1-2H3,(H,17,18)/t11-,12-,13+,14+/m0/s1. The number of aliphatic hydroxyl groups excluding tert-OH is 1. The van der Waals surface area contributed by atoms with E-state index < -0.39 is 12.1 Å². The van der Waals surface area contributed by atoms with Crippen LogP contribution in [0.3, 0.4) is 0 Å². The van der Waals surface area contributed by atoms with Crippen LogP contribution in [0.1, 0.15) is 33.1 Å². The third-order valence-electron chi connectivity index (χ3n) is 4.61. The van der Waals surface area contributed by atoms with Gasteiger partial charge in [0.2, 0.25) is 0 Å². The summed E-state index contributed by atoms with van der Waals surface area (Å²) in [6.45, 7) is 8.31. The van der Waals surface area contributed by atoms with Crippen molar-refractivity contribution in [2.75, 3.05) is 0 Å². The highest BCUT2D eigenvalue weighted by Gasteiger charge is 2.41. The summed E-state index contributed by atoms with van der Waals surface area (Å²) < 4.78 is 0. The van der Waals surface area contributed by atoms with E-state index in [0.29, 0.717) is 30.3 Å². The first-order chi connectivity index (χ1) is 8.41. The molecule has 0 spiro atoms. The molecule has 2 N–H and O–H groups in total. The molecular weight excluding hydrogens is 228 g/mol. The normalized spacial score (nSPS) is 36.2. The van der Waals surface area contributed by atoms with Crippen LogP contribution in [0.25, 0.3) is 0 Å². The van der Waals surface area contributed by atoms with Crippen molar-refractivity contribution in [1.29, 1.82) is 0 Å². The van der Waals surface area contributed by atoms with E-state index in [1.54, 1.807) is 0 Å². The summed E-state index contributed by atoms with van der Waals surface area (Å²) in [5.74, 6) is 0.493. The molecule has 100 valence electrons. The zero-order chi connectivity index (χ0) is 13.4. The molecule has 18 heavy (non-hydrogen) atoms. The molecule has 2 aliphatic carbocycles. The lowest BCUT2D eigenvalue weighted by Crippen LogP contribution is -2.40. The molecule has 2 aliphatic rings. The van der Waals surface area contributed by atoms with Gasteiger partial charge in [0, 0.05) is 5.57 Å². The van der Waals surface area contributed by atoms with Gasteiger partial charge < -0.3 is 10.2 Å². The molecule has 0 aromatic heterocycles. The maximum Gasteiger partial charge on any atom is 0.331 e. The van der Waals surface area contributed by atoms with Gasteiger partial charge in [0.1, 0.15) is 0 Å². The number of aliphatic hydroxyl groups is 1. The van der Waals surface area contributed by atoms with Crippen molar-refractivity contribution < 1.29 is 15.0 Å². The second-order valence-corrected chi connectivity index (χ2v) is 5.95. The summed E-state index contributed by atoms with van der Waals surface area (Å²) in [5.41, 5.74) is 1.43. The molecular formula is C15H22O3. The number of allylic oxidation sites excluding steroid dienone is 1. The summed E-state index contributed by atoms with van der Waals surface area (Å²) in [7, 11) is 0. The van der Waals surface area contributed by atoms with Gasteiger partial charge in [-0.2, -0.15) is 0 Å². The van der Waals surface area contributed by atoms with Gasteiger partial charge in [-0.3, -0.25) is 0 Å². The highest BCUT2D eigenvalue weighted by atomic mass is 16.4. The van der Waals surface area contributed by atoms with E-state index >= 15 is 0 Å². The number of hydrogen-bond donors (Lipinski definition) is 2. The summed E-state index contributed by atoms with van der Waals surface area (Å²) in [6, 6.07) is 0. The number of hydrogen-bond acceptors (Lipinski definition) is 2. The molecule has 3 nitrogen and oxygen atoms in total. The largest absolute Gasteiger partial charge is 0.478 e. The Morgan fingerprint density at radius 1 is 1.50 bits per heavy atom. The van der Waals surface area contributed by atoms with Gasteiger partial charge in [-0.05, 0) is 48.5 Å². The predicted molar refractivity (Wildman–Crippen MR) is 70.0 cm³/mol. The van der Waals surface area contributed by atoms with Crippen molar-refractivity contribution in [1.82, 2.24) is 0 Å². The third-order valence-corrected chi connectivity index (χ3v) is 4.61. The van der Waals surface area contributed by atoms with Crippen molar-refractivity contribution >= 4 is 5.97 Å². The highest BCUT2D eigenvalue weighted by molar-refractivity contribution is 5.86. The highest BCUT2D eigenvalue weighted by Crippen LogP contribution is 2.47. The number of aliphatic carboxylic acids is 1. The van der Waals surface area contributed by atoms with Gasteiger partial charge in [-0.25, -0.2) is 4.79 Å². The fraction of sp³-hybridized carbons (Fsp3) is 0.667. The maximum absolute atomic E-state index is 11.1. The molecule has 3 heteroatoms. The number of rotatable bonds is 2. The van der Waals surface area contributed by atoms with Gasteiger partial charge in [0.05, 0.1) is 6.10 Å². The first kappa shape index (κ1) is 13.3. The molecule has 0 aliphatic heterocycles. The fourth-order valence-corrected chi connectivity index (χ4v) is 3.50. The Labute approximate surface area is 108 Å². The Hall–Kier alpha value is -1.09. The molecule has 1 saturated carbocycles. The second-order valence-electron chi connectivity index (χ2n) is 5.95. The predicted octanol–water partition coefficient (Wildman–Crippen LogP) is 2.62. The summed E-state index contributed by atoms with van der Waals surface area (Å²) in [5, 5.41) is 19.2. The van der Waals surface area contributed by atoms with Crippen molar-refractivity contribution in [2.45, 2.75) is 39.2 Å². The SMILES string of the molecule is C=C1[C@H](O)C[C@@H](C(C)C)[C@@H]2C=C(C(=O)O)CC[C@@H]12. The van der Waals surface area contributed by atoms with Crippen LogP contribution in [-0.2, 0) is 4.79 Å². The average molecular weight is 250 g/mol. The van der Waals surface area contributed by atoms with Crippen molar-refractivity contribution in [2.24, 2.45) is 23.7 Å². The molecule has 0 aromatic carbocycles. The molecule has 0 aromatic rings. The van der Waals surface area contributed by atoms with Gasteiger partial charge in [-0.15, -0.1) is 0 Å². The van der Waals surface area contributed by atoms with E-state index in [9.17, 15) is 9.90 Å². The van der Waals surface area contributed by atoms with Crippen LogP contribution in [0, 0.1) is 23.7 Å². The first-order valence-electron chi connectivity index (χ1n) is 6.72. The Balaban J connectivity index is 2.32. The minimum atomic E-state index is -0.798. The molecule has 0 heterocycles. The lowest BCUT2D eigenvalue weighted by Gasteiger charge is -2.44. The van der Waals surface area contributed by atoms with E-state index in [0.717, 1.165) is 12.0 Å². The lowest BCUT2D eigenvalue weighted by atomic mass is 9.61. The minimum Gasteiger partial charge on any atom is -0.478 e. The van der Waals surface area contributed by atoms with Gasteiger partial charge in [-0.1, -0.05) is 26.5 Å². The summed E-state index contributed by atoms with van der Waals surface area (Å²) in [4.78, 5) is 11.1. The van der Waals surface area contributed by atoms with E-state index in [1.807, 2.05) is 6.08 Å². The minimum absolute atomic E-state index is 0.237. The van der Waals surface area contributed by atoms with Gasteiger partial charge in [0.25, 0.3) is 0 Å². The second kappa shape index (κ2) is 4.88. The quantitative estimate of drug-likeness (QED) is 0.741. The van der Waals surface area contributed by atoms with Crippen molar-refractivity contribution in [3.05, 3.63) is 23.8 Å². The maximum atomic E-state index is 11.1. The first-order valence-corrected chi connectivity index (χ1v) is 6.72. The van der Waals surface area contributed by atoms with Crippen LogP contribution >= 0.6 is 0 Å². The van der Waals surface area contributed by atoms with Crippen LogP contribution < -0.4 is 0 Å². The van der Waals surface area contributed by atoms with E-state index in [-0.39, 0.29) is 11.8 Å². The third kappa shape index (κ3) is 2.24. The zero-order valence-corrected chi connectivity index (χ0v) is 11.1. The van der Waals surface area contributed by atoms with E-state index in [2.05, 4.69) is 20.4 Å². The molecule has 4 atom stereocenters. The molecule has 0 unspecified atom stereocenters. The molecule has 0 saturated heterocycles. The van der Waals surface area contributed by atoms with Crippen LogP contribution in [0.4, 0.5) is 0 Å². The Bertz CT molecular complexity index is 395. The molecule has 0 radical (unpaired) electrons. The number of carboxylic acid groups (broad SMARTS) is 1. The van der Waals surface area contributed by atoms with Gasteiger partial charge in [0.15, 0.2) is 0 Å². The Morgan fingerprint density at radius 3 is 2.72 bits per heavy atom. The monoisotopic (exact) mass is 250 g/mol. The van der Waals surface area contributed by atoms with Crippen LogP contribution in [-0.4, -0.2) is 22.3 Å². The summed E-state index contributed by atoms with van der Waals surface area (Å²) in [6.07, 6.45) is 3.62. The van der Waals surface area contributed by atoms with Crippen LogP contribution in [0.5, 0.6) is 0 Å². The molecule has 0 bridgehead atoms.